The van der Waals surface area contributed by atoms with Crippen molar-refractivity contribution in [3.8, 4) is 11.5 Å². The number of amides is 2. The fraction of sp³-hybridized carbons (Fsp3) is 0.400. The molecule has 8 heteroatoms. The summed E-state index contributed by atoms with van der Waals surface area (Å²) in [4.78, 5) is 38.7. The van der Waals surface area contributed by atoms with E-state index in [-0.39, 0.29) is 23.8 Å². The Morgan fingerprint density at radius 1 is 1.05 bits per heavy atom. The molecule has 3 aromatic rings. The van der Waals surface area contributed by atoms with Crippen LogP contribution in [-0.2, 0) is 11.2 Å². The highest BCUT2D eigenvalue weighted by molar-refractivity contribution is 5.95. The molecule has 5 rings (SSSR count). The highest BCUT2D eigenvalue weighted by Crippen LogP contribution is 2.44. The highest BCUT2D eigenvalue weighted by Gasteiger charge is 2.40. The maximum absolute atomic E-state index is 13.5. The van der Waals surface area contributed by atoms with Crippen molar-refractivity contribution in [3.05, 3.63) is 77.4 Å². The average Bonchev–Trinajstić information content (AvgIpc) is 3.23. The molecule has 0 aliphatic carbocycles. The van der Waals surface area contributed by atoms with E-state index >= 15 is 0 Å². The molecule has 2 atom stereocenters. The van der Waals surface area contributed by atoms with Crippen molar-refractivity contribution >= 4 is 17.5 Å². The first-order chi connectivity index (χ1) is 18.5. The van der Waals surface area contributed by atoms with Crippen LogP contribution in [-0.4, -0.2) is 59.5 Å². The summed E-state index contributed by atoms with van der Waals surface area (Å²) in [5.74, 6) is 2.04. The van der Waals surface area contributed by atoms with Gasteiger partial charge in [0, 0.05) is 50.1 Å². The molecule has 0 fully saturated rings. The predicted octanol–water partition coefficient (Wildman–Crippen LogP) is 4.56. The first-order valence-electron chi connectivity index (χ1n) is 13.2. The molecule has 2 aliphatic rings. The van der Waals surface area contributed by atoms with E-state index in [1.165, 1.54) is 0 Å². The molecule has 0 N–H and O–H groups in total. The van der Waals surface area contributed by atoms with Gasteiger partial charge in [-0.1, -0.05) is 24.3 Å². The first kappa shape index (κ1) is 25.7. The van der Waals surface area contributed by atoms with E-state index in [2.05, 4.69) is 16.0 Å². The SMILES string of the molecule is COc1ccc2cc1OCCCCN(C(=O)c1cnc(C)nc1)CC[C@@H]1c3ccccc3N(C(C)=O)[C@@H]1C2. The Morgan fingerprint density at radius 3 is 2.61 bits per heavy atom. The number of hydrogen-bond acceptors (Lipinski definition) is 6. The molecule has 38 heavy (non-hydrogen) atoms. The molecule has 2 amide bonds. The van der Waals surface area contributed by atoms with E-state index in [0.29, 0.717) is 49.0 Å². The summed E-state index contributed by atoms with van der Waals surface area (Å²) in [6.07, 6.45) is 6.20. The van der Waals surface area contributed by atoms with Crippen LogP contribution in [0.2, 0.25) is 0 Å². The Bertz CT molecular complexity index is 1310. The molecule has 2 bridgehead atoms. The predicted molar refractivity (Wildman–Crippen MR) is 145 cm³/mol. The zero-order chi connectivity index (χ0) is 26.6. The number of methoxy groups -OCH3 is 1. The minimum absolute atomic E-state index is 0.0146. The van der Waals surface area contributed by atoms with Crippen molar-refractivity contribution in [3.63, 3.8) is 0 Å². The van der Waals surface area contributed by atoms with E-state index in [9.17, 15) is 9.59 Å². The normalized spacial score (nSPS) is 19.6. The van der Waals surface area contributed by atoms with Gasteiger partial charge in [0.1, 0.15) is 5.82 Å². The molecule has 1 aromatic heterocycles. The number of aryl methyl sites for hydroxylation is 1. The van der Waals surface area contributed by atoms with Crippen LogP contribution in [0.5, 0.6) is 11.5 Å². The second kappa shape index (κ2) is 11.2. The summed E-state index contributed by atoms with van der Waals surface area (Å²) in [6.45, 7) is 5.12. The van der Waals surface area contributed by atoms with Gasteiger partial charge in [-0.2, -0.15) is 0 Å². The van der Waals surface area contributed by atoms with Gasteiger partial charge in [0.25, 0.3) is 5.91 Å². The van der Waals surface area contributed by atoms with Gasteiger partial charge in [-0.3, -0.25) is 9.59 Å². The van der Waals surface area contributed by atoms with Gasteiger partial charge in [-0.25, -0.2) is 9.97 Å². The Kier molecular flexibility index (Phi) is 7.58. The molecule has 3 heterocycles. The maximum Gasteiger partial charge on any atom is 0.256 e. The van der Waals surface area contributed by atoms with E-state index in [4.69, 9.17) is 9.47 Å². The number of hydrogen-bond donors (Lipinski definition) is 0. The van der Waals surface area contributed by atoms with Crippen LogP contribution >= 0.6 is 0 Å². The Labute approximate surface area is 223 Å². The zero-order valence-corrected chi connectivity index (χ0v) is 22.2. The van der Waals surface area contributed by atoms with Crippen molar-refractivity contribution in [1.29, 1.82) is 0 Å². The van der Waals surface area contributed by atoms with Gasteiger partial charge in [-0.15, -0.1) is 0 Å². The summed E-state index contributed by atoms with van der Waals surface area (Å²) in [6, 6.07) is 14.1. The van der Waals surface area contributed by atoms with Gasteiger partial charge in [0.05, 0.1) is 19.3 Å². The molecule has 2 aliphatic heterocycles. The summed E-state index contributed by atoms with van der Waals surface area (Å²) in [5.41, 5.74) is 3.67. The van der Waals surface area contributed by atoms with E-state index in [1.54, 1.807) is 33.4 Å². The number of nitrogens with zero attached hydrogens (tertiary/aromatic N) is 4. The molecular formula is C30H34N4O4. The maximum atomic E-state index is 13.5. The van der Waals surface area contributed by atoms with Crippen LogP contribution in [0.3, 0.4) is 0 Å². The van der Waals surface area contributed by atoms with Gasteiger partial charge in [0.15, 0.2) is 11.5 Å². The first-order valence-corrected chi connectivity index (χ1v) is 13.2. The molecule has 0 spiro atoms. The van der Waals surface area contributed by atoms with Crippen molar-refractivity contribution in [2.45, 2.75) is 51.5 Å². The molecule has 0 saturated carbocycles. The Morgan fingerprint density at radius 2 is 1.84 bits per heavy atom. The van der Waals surface area contributed by atoms with Crippen LogP contribution in [0, 0.1) is 6.92 Å². The summed E-state index contributed by atoms with van der Waals surface area (Å²) >= 11 is 0. The summed E-state index contributed by atoms with van der Waals surface area (Å²) in [5, 5.41) is 0. The zero-order valence-electron chi connectivity index (χ0n) is 22.2. The number of fused-ring (bicyclic) bond motifs is 5. The van der Waals surface area contributed by atoms with Gasteiger partial charge in [0.2, 0.25) is 5.91 Å². The third-order valence-electron chi connectivity index (χ3n) is 7.51. The summed E-state index contributed by atoms with van der Waals surface area (Å²) in [7, 11) is 1.64. The monoisotopic (exact) mass is 514 g/mol. The third-order valence-corrected chi connectivity index (χ3v) is 7.51. The Balaban J connectivity index is 1.51. The molecular weight excluding hydrogens is 480 g/mol. The topological polar surface area (TPSA) is 84.9 Å². The third kappa shape index (κ3) is 5.21. The molecule has 0 saturated heterocycles. The van der Waals surface area contributed by atoms with E-state index < -0.39 is 0 Å². The lowest BCUT2D eigenvalue weighted by Crippen LogP contribution is -2.41. The van der Waals surface area contributed by atoms with Crippen molar-refractivity contribution < 1.29 is 19.1 Å². The average molecular weight is 515 g/mol. The number of carbonyl (C=O) groups excluding carboxylic acids is 2. The van der Waals surface area contributed by atoms with Crippen LogP contribution in [0.4, 0.5) is 5.69 Å². The van der Waals surface area contributed by atoms with Crippen molar-refractivity contribution in [1.82, 2.24) is 14.9 Å². The van der Waals surface area contributed by atoms with Gasteiger partial charge in [-0.05, 0) is 61.9 Å². The van der Waals surface area contributed by atoms with Crippen LogP contribution < -0.4 is 14.4 Å². The molecule has 198 valence electrons. The fourth-order valence-corrected chi connectivity index (χ4v) is 5.66. The number of rotatable bonds is 2. The number of anilines is 1. The van der Waals surface area contributed by atoms with Crippen molar-refractivity contribution in [2.75, 3.05) is 31.7 Å². The van der Waals surface area contributed by atoms with Gasteiger partial charge < -0.3 is 19.3 Å². The van der Waals surface area contributed by atoms with Crippen LogP contribution in [0.25, 0.3) is 0 Å². The lowest BCUT2D eigenvalue weighted by molar-refractivity contribution is -0.117. The fourth-order valence-electron chi connectivity index (χ4n) is 5.66. The minimum atomic E-state index is -0.0752. The van der Waals surface area contributed by atoms with Crippen LogP contribution in [0.15, 0.2) is 54.9 Å². The second-order valence-corrected chi connectivity index (χ2v) is 9.97. The molecule has 2 aromatic carbocycles. The van der Waals surface area contributed by atoms with E-state index in [1.807, 2.05) is 46.2 Å². The summed E-state index contributed by atoms with van der Waals surface area (Å²) < 4.78 is 11.7. The smallest absolute Gasteiger partial charge is 0.256 e. The largest absolute Gasteiger partial charge is 0.493 e. The number of ether oxygens (including phenoxy) is 2. The number of benzene rings is 2. The highest BCUT2D eigenvalue weighted by atomic mass is 16.5. The second-order valence-electron chi connectivity index (χ2n) is 9.97. The van der Waals surface area contributed by atoms with Crippen molar-refractivity contribution in [2.24, 2.45) is 0 Å². The number of carbonyl (C=O) groups is 2. The molecule has 0 unspecified atom stereocenters. The lowest BCUT2D eigenvalue weighted by Gasteiger charge is -2.30. The Hall–Kier alpha value is -3.94. The van der Waals surface area contributed by atoms with Gasteiger partial charge >= 0.3 is 0 Å². The number of para-hydroxylation sites is 1. The number of aromatic nitrogens is 2. The quantitative estimate of drug-likeness (QED) is 0.499. The van der Waals surface area contributed by atoms with Crippen LogP contribution in [0.1, 0.15) is 59.4 Å². The van der Waals surface area contributed by atoms with E-state index in [0.717, 1.165) is 36.1 Å². The standard InChI is InChI=1S/C30H34N4O4/c1-20-31-18-23(19-32-20)30(36)33-13-6-7-15-38-29-17-22(10-11-28(29)37-3)16-27-25(12-14-33)24-8-4-5-9-26(24)34(27)21(2)35/h4-5,8-11,17-19,25,27H,6-7,12-16H2,1-3H3/t25-,27-/m1/s1. The minimum Gasteiger partial charge on any atom is -0.493 e. The molecule has 8 nitrogen and oxygen atoms in total. The molecule has 0 radical (unpaired) electrons. The lowest BCUT2D eigenvalue weighted by atomic mass is 9.87.